The van der Waals surface area contributed by atoms with Crippen LogP contribution >= 0.6 is 0 Å². The maximum Gasteiger partial charge on any atom is 0.323 e. The topological polar surface area (TPSA) is 149 Å². The second-order valence-electron chi connectivity index (χ2n) is 10.3. The molecule has 1 aromatic heterocycles. The first-order valence-corrected chi connectivity index (χ1v) is 13.4. The molecule has 0 aliphatic carbocycles. The molecule has 12 heteroatoms. The molecular weight excluding hydrogens is 528 g/mol. The zero-order chi connectivity index (χ0) is 29.7. The molecule has 1 aliphatic heterocycles. The van der Waals surface area contributed by atoms with Crippen molar-refractivity contribution < 1.29 is 28.8 Å². The molecule has 0 unspecified atom stereocenters. The summed E-state index contributed by atoms with van der Waals surface area (Å²) < 4.78 is 11.6. The van der Waals surface area contributed by atoms with Crippen molar-refractivity contribution in [2.24, 2.45) is 5.92 Å². The SMILES string of the molecule is Cc1noc(C)c1NC(=O)N(C)C[C@H]1Oc2c(NC(=O)Nc3ccccc3)cccc2C(=O)N([C@@H](C)CO)C[C@@H]1C. The molecule has 0 saturated carbocycles. The van der Waals surface area contributed by atoms with Gasteiger partial charge in [-0.25, -0.2) is 9.59 Å². The number of para-hydroxylation sites is 2. The number of benzene rings is 2. The van der Waals surface area contributed by atoms with Crippen LogP contribution in [0, 0.1) is 19.8 Å². The van der Waals surface area contributed by atoms with Gasteiger partial charge in [-0.1, -0.05) is 36.3 Å². The van der Waals surface area contributed by atoms with E-state index in [0.717, 1.165) is 0 Å². The highest BCUT2D eigenvalue weighted by Crippen LogP contribution is 2.35. The standard InChI is InChI=1S/C29H36N6O6/c1-17-14-35(18(2)16-36)27(37)22-12-9-13-23(31-28(38)30-21-10-7-6-8-11-21)26(22)40-24(17)15-34(5)29(39)32-25-19(3)33-41-20(25)4/h6-13,17-18,24,36H,14-16H2,1-5H3,(H,32,39)(H2,30,31,38)/t17-,18-,24+/m0/s1. The molecule has 0 bridgehead atoms. The highest BCUT2D eigenvalue weighted by molar-refractivity contribution is 6.04. The summed E-state index contributed by atoms with van der Waals surface area (Å²) in [5, 5.41) is 22.2. The van der Waals surface area contributed by atoms with E-state index in [0.29, 0.717) is 28.5 Å². The van der Waals surface area contributed by atoms with Gasteiger partial charge < -0.3 is 40.1 Å². The van der Waals surface area contributed by atoms with Crippen LogP contribution in [0.2, 0.25) is 0 Å². The van der Waals surface area contributed by atoms with Gasteiger partial charge in [0.2, 0.25) is 0 Å². The van der Waals surface area contributed by atoms with Gasteiger partial charge in [0.25, 0.3) is 5.91 Å². The van der Waals surface area contributed by atoms with E-state index in [1.54, 1.807) is 75.2 Å². The van der Waals surface area contributed by atoms with Crippen LogP contribution in [0.3, 0.4) is 0 Å². The summed E-state index contributed by atoms with van der Waals surface area (Å²) in [6, 6.07) is 12.5. The molecule has 5 amide bonds. The Morgan fingerprint density at radius 2 is 1.85 bits per heavy atom. The van der Waals surface area contributed by atoms with Crippen LogP contribution in [0.4, 0.5) is 26.7 Å². The number of hydrogen-bond donors (Lipinski definition) is 4. The third-order valence-electron chi connectivity index (χ3n) is 7.04. The molecular formula is C29H36N6O6. The number of nitrogens with one attached hydrogen (secondary N) is 3. The number of aliphatic hydroxyl groups excluding tert-OH is 1. The minimum atomic E-state index is -0.573. The molecule has 0 saturated heterocycles. The van der Waals surface area contributed by atoms with Crippen molar-refractivity contribution in [1.29, 1.82) is 0 Å². The summed E-state index contributed by atoms with van der Waals surface area (Å²) in [6.07, 6.45) is -0.573. The lowest BCUT2D eigenvalue weighted by Gasteiger charge is -2.38. The van der Waals surface area contributed by atoms with Crippen LogP contribution in [0.1, 0.15) is 35.7 Å². The number of urea groups is 2. The van der Waals surface area contributed by atoms with Crippen LogP contribution in [0.15, 0.2) is 53.1 Å². The zero-order valence-corrected chi connectivity index (χ0v) is 23.8. The highest BCUT2D eigenvalue weighted by Gasteiger charge is 2.35. The van der Waals surface area contributed by atoms with E-state index in [2.05, 4.69) is 21.1 Å². The van der Waals surface area contributed by atoms with Crippen LogP contribution in [-0.4, -0.2) is 76.9 Å². The number of aryl methyl sites for hydroxylation is 2. The fourth-order valence-electron chi connectivity index (χ4n) is 4.58. The normalized spacial score (nSPS) is 17.4. The Labute approximate surface area is 238 Å². The summed E-state index contributed by atoms with van der Waals surface area (Å²) >= 11 is 0. The maximum atomic E-state index is 13.7. The fourth-order valence-corrected chi connectivity index (χ4v) is 4.58. The molecule has 1 aliphatic rings. The number of ether oxygens (including phenoxy) is 1. The van der Waals surface area contributed by atoms with Gasteiger partial charge in [0.1, 0.15) is 17.5 Å². The van der Waals surface area contributed by atoms with E-state index in [4.69, 9.17) is 9.26 Å². The van der Waals surface area contributed by atoms with Crippen LogP contribution in [-0.2, 0) is 0 Å². The molecule has 3 aromatic rings. The van der Waals surface area contributed by atoms with Gasteiger partial charge in [-0.2, -0.15) is 0 Å². The van der Waals surface area contributed by atoms with Crippen molar-refractivity contribution in [1.82, 2.24) is 15.0 Å². The second kappa shape index (κ2) is 12.7. The quantitative estimate of drug-likeness (QED) is 0.334. The van der Waals surface area contributed by atoms with Crippen molar-refractivity contribution in [3.63, 3.8) is 0 Å². The Balaban J connectivity index is 1.63. The highest BCUT2D eigenvalue weighted by atomic mass is 16.5. The summed E-state index contributed by atoms with van der Waals surface area (Å²) in [4.78, 5) is 42.7. The number of fused-ring (bicyclic) bond motifs is 1. The van der Waals surface area contributed by atoms with Crippen molar-refractivity contribution in [3.05, 3.63) is 65.5 Å². The molecule has 12 nitrogen and oxygen atoms in total. The second-order valence-corrected chi connectivity index (χ2v) is 10.3. The molecule has 0 spiro atoms. The number of hydrogen-bond acceptors (Lipinski definition) is 7. The van der Waals surface area contributed by atoms with E-state index in [1.807, 2.05) is 13.0 Å². The minimum absolute atomic E-state index is 0.163. The predicted octanol–water partition coefficient (Wildman–Crippen LogP) is 4.32. The number of likely N-dealkylation sites (N-methyl/N-ethyl adjacent to an activating group) is 1. The number of carbonyl (C=O) groups is 3. The molecule has 41 heavy (non-hydrogen) atoms. The summed E-state index contributed by atoms with van der Waals surface area (Å²) in [7, 11) is 1.64. The van der Waals surface area contributed by atoms with Crippen molar-refractivity contribution in [3.8, 4) is 5.75 Å². The molecule has 0 radical (unpaired) electrons. The number of carbonyl (C=O) groups excluding carboxylic acids is 3. The number of amides is 5. The molecule has 2 heterocycles. The number of rotatable bonds is 7. The number of aliphatic hydroxyl groups is 1. The number of nitrogens with zero attached hydrogens (tertiary/aromatic N) is 3. The van der Waals surface area contributed by atoms with Gasteiger partial charge in [-0.05, 0) is 45.0 Å². The Bertz CT molecular complexity index is 1370. The summed E-state index contributed by atoms with van der Waals surface area (Å²) in [6.45, 7) is 7.35. The van der Waals surface area contributed by atoms with Gasteiger partial charge in [-0.3, -0.25) is 4.79 Å². The lowest BCUT2D eigenvalue weighted by atomic mass is 9.99. The zero-order valence-electron chi connectivity index (χ0n) is 23.8. The van der Waals surface area contributed by atoms with E-state index >= 15 is 0 Å². The Morgan fingerprint density at radius 1 is 1.12 bits per heavy atom. The molecule has 0 fully saturated rings. The third-order valence-corrected chi connectivity index (χ3v) is 7.04. The Morgan fingerprint density at radius 3 is 2.51 bits per heavy atom. The van der Waals surface area contributed by atoms with Gasteiger partial charge in [0.05, 0.1) is 30.4 Å². The van der Waals surface area contributed by atoms with Crippen LogP contribution < -0.4 is 20.7 Å². The van der Waals surface area contributed by atoms with E-state index < -0.39 is 18.2 Å². The molecule has 3 atom stereocenters. The number of aromatic nitrogens is 1. The van der Waals surface area contributed by atoms with Crippen molar-refractivity contribution >= 4 is 35.0 Å². The van der Waals surface area contributed by atoms with E-state index in [1.165, 1.54) is 4.90 Å². The molecule has 4 N–H and O–H groups in total. The Kier molecular flexibility index (Phi) is 9.13. The average Bonchev–Trinajstić information content (AvgIpc) is 3.27. The van der Waals surface area contributed by atoms with Gasteiger partial charge in [0.15, 0.2) is 11.5 Å². The summed E-state index contributed by atoms with van der Waals surface area (Å²) in [5.74, 6) is 0.0995. The Hall–Kier alpha value is -4.58. The van der Waals surface area contributed by atoms with E-state index in [-0.39, 0.29) is 48.9 Å². The average molecular weight is 565 g/mol. The number of anilines is 3. The monoisotopic (exact) mass is 564 g/mol. The predicted molar refractivity (Wildman–Crippen MR) is 154 cm³/mol. The smallest absolute Gasteiger partial charge is 0.323 e. The van der Waals surface area contributed by atoms with Gasteiger partial charge in [-0.15, -0.1) is 0 Å². The molecule has 2 aromatic carbocycles. The fraction of sp³-hybridized carbons (Fsp3) is 0.379. The lowest BCUT2D eigenvalue weighted by Crippen LogP contribution is -2.50. The van der Waals surface area contributed by atoms with Gasteiger partial charge in [0, 0.05) is 25.2 Å². The van der Waals surface area contributed by atoms with Crippen LogP contribution in [0.5, 0.6) is 5.75 Å². The minimum Gasteiger partial charge on any atom is -0.485 e. The third kappa shape index (κ3) is 6.77. The first-order valence-electron chi connectivity index (χ1n) is 13.4. The summed E-state index contributed by atoms with van der Waals surface area (Å²) in [5.41, 5.74) is 2.19. The first kappa shape index (κ1) is 29.4. The lowest BCUT2D eigenvalue weighted by molar-refractivity contribution is 0.0373. The maximum absolute atomic E-state index is 13.7. The molecule has 218 valence electrons. The van der Waals surface area contributed by atoms with Crippen LogP contribution in [0.25, 0.3) is 0 Å². The van der Waals surface area contributed by atoms with E-state index in [9.17, 15) is 19.5 Å². The molecule has 4 rings (SSSR count). The van der Waals surface area contributed by atoms with Crippen molar-refractivity contribution in [2.75, 3.05) is 42.7 Å². The van der Waals surface area contributed by atoms with Gasteiger partial charge >= 0.3 is 12.1 Å². The van der Waals surface area contributed by atoms with Crippen molar-refractivity contribution in [2.45, 2.75) is 39.8 Å². The largest absolute Gasteiger partial charge is 0.485 e. The first-order chi connectivity index (χ1) is 19.6.